The predicted molar refractivity (Wildman–Crippen MR) is 125 cm³/mol. The van der Waals surface area contributed by atoms with E-state index in [9.17, 15) is 4.79 Å². The molecule has 0 aromatic carbocycles. The molecule has 1 amide bonds. The second-order valence-corrected chi connectivity index (χ2v) is 8.93. The van der Waals surface area contributed by atoms with Crippen molar-refractivity contribution in [3.05, 3.63) is 64.9 Å². The minimum atomic E-state index is 0.0726. The molecule has 0 unspecified atom stereocenters. The van der Waals surface area contributed by atoms with Gasteiger partial charge in [-0.1, -0.05) is 43.2 Å². The molecule has 0 N–H and O–H groups in total. The number of hydrogen-bond acceptors (Lipinski definition) is 5. The van der Waals surface area contributed by atoms with Gasteiger partial charge in [0.05, 0.1) is 5.39 Å². The largest absolute Gasteiger partial charge is 0.352 e. The Hall–Kier alpha value is -2.73. The summed E-state index contributed by atoms with van der Waals surface area (Å²) < 4.78 is 0. The molecule has 1 aliphatic carbocycles. The third-order valence-electron chi connectivity index (χ3n) is 5.44. The first-order valence-electron chi connectivity index (χ1n) is 10.6. The van der Waals surface area contributed by atoms with Gasteiger partial charge in [-0.15, -0.1) is 11.3 Å². The van der Waals surface area contributed by atoms with Crippen LogP contribution in [0.1, 0.15) is 31.6 Å². The number of carbonyl (C=O) groups is 1. The van der Waals surface area contributed by atoms with Crippen LogP contribution < -0.4 is 4.90 Å². The molecule has 2 aliphatic rings. The van der Waals surface area contributed by atoms with E-state index in [0.29, 0.717) is 13.1 Å². The van der Waals surface area contributed by atoms with Gasteiger partial charge in [0.2, 0.25) is 5.91 Å². The molecule has 6 heteroatoms. The number of hydrogen-bond donors (Lipinski definition) is 0. The minimum Gasteiger partial charge on any atom is -0.352 e. The van der Waals surface area contributed by atoms with Crippen molar-refractivity contribution in [3.8, 4) is 0 Å². The van der Waals surface area contributed by atoms with Crippen LogP contribution in [0.25, 0.3) is 10.2 Å². The van der Waals surface area contributed by atoms with E-state index in [4.69, 9.17) is 0 Å². The van der Waals surface area contributed by atoms with E-state index in [1.807, 2.05) is 17.1 Å². The number of amides is 1. The highest BCUT2D eigenvalue weighted by Crippen LogP contribution is 2.31. The highest BCUT2D eigenvalue weighted by Gasteiger charge is 2.22. The Bertz CT molecular complexity index is 1040. The van der Waals surface area contributed by atoms with Crippen LogP contribution in [0.5, 0.6) is 0 Å². The van der Waals surface area contributed by atoms with Crippen molar-refractivity contribution in [2.45, 2.75) is 33.1 Å². The normalized spacial score (nSPS) is 17.4. The van der Waals surface area contributed by atoms with E-state index in [2.05, 4.69) is 53.0 Å². The highest BCUT2D eigenvalue weighted by atomic mass is 32.1. The number of piperazine rings is 1. The topological polar surface area (TPSA) is 49.3 Å². The molecule has 5 nitrogen and oxygen atoms in total. The van der Waals surface area contributed by atoms with Gasteiger partial charge in [0.1, 0.15) is 17.0 Å². The molecule has 0 saturated carbocycles. The minimum absolute atomic E-state index is 0.0726. The summed E-state index contributed by atoms with van der Waals surface area (Å²) in [6.07, 6.45) is 16.8. The number of carbonyl (C=O) groups excluding carboxylic acids is 1. The Morgan fingerprint density at radius 1 is 1.23 bits per heavy atom. The standard InChI is InChI=1S/C24H28N4OS/c1-3-6-20-16-21-23(25-17-26-24(21)30-20)28-13-11-27(12-14-28)22(29)10-9-19-8-5-4-7-18(2)15-19/h4-5,8-10,15-17H,3,6-7,11-14H2,1-2H3/b10-9+. The van der Waals surface area contributed by atoms with Crippen molar-refractivity contribution in [1.29, 1.82) is 0 Å². The molecule has 4 rings (SSSR count). The summed E-state index contributed by atoms with van der Waals surface area (Å²) >= 11 is 1.76. The Kier molecular flexibility index (Phi) is 6.43. The maximum Gasteiger partial charge on any atom is 0.246 e. The molecule has 2 aromatic rings. The van der Waals surface area contributed by atoms with Crippen molar-refractivity contribution in [2.75, 3.05) is 31.1 Å². The van der Waals surface area contributed by atoms with E-state index < -0.39 is 0 Å². The lowest BCUT2D eigenvalue weighted by Crippen LogP contribution is -2.48. The predicted octanol–water partition coefficient (Wildman–Crippen LogP) is 4.68. The molecule has 0 radical (unpaired) electrons. The first-order valence-corrected chi connectivity index (χ1v) is 11.4. The molecule has 2 aromatic heterocycles. The molecule has 156 valence electrons. The fraction of sp³-hybridized carbons (Fsp3) is 0.375. The number of nitrogens with zero attached hydrogens (tertiary/aromatic N) is 4. The van der Waals surface area contributed by atoms with Crippen molar-refractivity contribution < 1.29 is 4.79 Å². The first kappa shape index (κ1) is 20.5. The molecule has 1 saturated heterocycles. The Labute approximate surface area is 182 Å². The summed E-state index contributed by atoms with van der Waals surface area (Å²) in [5.41, 5.74) is 2.37. The number of fused-ring (bicyclic) bond motifs is 1. The zero-order valence-electron chi connectivity index (χ0n) is 17.7. The number of aryl methyl sites for hydroxylation is 1. The average Bonchev–Trinajstić information content (AvgIpc) is 3.05. The van der Waals surface area contributed by atoms with Crippen LogP contribution in [0.2, 0.25) is 0 Å². The lowest BCUT2D eigenvalue weighted by atomic mass is 10.1. The quantitative estimate of drug-likeness (QED) is 0.659. The van der Waals surface area contributed by atoms with Gasteiger partial charge in [0.15, 0.2) is 0 Å². The number of aromatic nitrogens is 2. The summed E-state index contributed by atoms with van der Waals surface area (Å²) in [5, 5.41) is 1.14. The Morgan fingerprint density at radius 3 is 2.87 bits per heavy atom. The van der Waals surface area contributed by atoms with Gasteiger partial charge in [0, 0.05) is 37.1 Å². The average molecular weight is 421 g/mol. The molecule has 1 fully saturated rings. The SMILES string of the molecule is CCCc1cc2c(N3CCN(C(=O)/C=C/C4=CC=CCC(C)=C4)CC3)ncnc2s1. The van der Waals surface area contributed by atoms with Gasteiger partial charge in [-0.25, -0.2) is 9.97 Å². The second-order valence-electron chi connectivity index (χ2n) is 7.81. The number of anilines is 1. The molecule has 30 heavy (non-hydrogen) atoms. The summed E-state index contributed by atoms with van der Waals surface area (Å²) in [5.74, 6) is 1.07. The van der Waals surface area contributed by atoms with Crippen LogP contribution in [0.15, 0.2) is 60.0 Å². The fourth-order valence-electron chi connectivity index (χ4n) is 3.85. The summed E-state index contributed by atoms with van der Waals surface area (Å²) in [7, 11) is 0. The monoisotopic (exact) mass is 420 g/mol. The van der Waals surface area contributed by atoms with Crippen LogP contribution in [-0.2, 0) is 11.2 Å². The van der Waals surface area contributed by atoms with Crippen LogP contribution in [0.3, 0.4) is 0 Å². The van der Waals surface area contributed by atoms with E-state index in [0.717, 1.165) is 54.0 Å². The fourth-order valence-corrected chi connectivity index (χ4v) is 4.95. The van der Waals surface area contributed by atoms with E-state index >= 15 is 0 Å². The van der Waals surface area contributed by atoms with Gasteiger partial charge in [-0.05, 0) is 37.5 Å². The van der Waals surface area contributed by atoms with Crippen LogP contribution in [-0.4, -0.2) is 47.0 Å². The van der Waals surface area contributed by atoms with E-state index in [1.165, 1.54) is 10.5 Å². The van der Waals surface area contributed by atoms with Gasteiger partial charge in [0.25, 0.3) is 0 Å². The molecular formula is C24H28N4OS. The lowest BCUT2D eigenvalue weighted by Gasteiger charge is -2.35. The summed E-state index contributed by atoms with van der Waals surface area (Å²) in [6.45, 7) is 7.29. The molecule has 0 spiro atoms. The molecule has 0 atom stereocenters. The van der Waals surface area contributed by atoms with E-state index in [-0.39, 0.29) is 5.91 Å². The van der Waals surface area contributed by atoms with Gasteiger partial charge in [-0.3, -0.25) is 4.79 Å². The van der Waals surface area contributed by atoms with Gasteiger partial charge < -0.3 is 9.80 Å². The van der Waals surface area contributed by atoms with Crippen molar-refractivity contribution in [2.24, 2.45) is 0 Å². The van der Waals surface area contributed by atoms with Gasteiger partial charge in [-0.2, -0.15) is 0 Å². The van der Waals surface area contributed by atoms with Crippen LogP contribution in [0.4, 0.5) is 5.82 Å². The molecule has 1 aliphatic heterocycles. The van der Waals surface area contributed by atoms with Crippen LogP contribution in [0, 0.1) is 0 Å². The first-order chi connectivity index (χ1) is 14.6. The van der Waals surface area contributed by atoms with E-state index in [1.54, 1.807) is 23.7 Å². The maximum absolute atomic E-state index is 12.7. The zero-order valence-corrected chi connectivity index (χ0v) is 18.5. The zero-order chi connectivity index (χ0) is 20.9. The Balaban J connectivity index is 1.40. The molecule has 0 bridgehead atoms. The van der Waals surface area contributed by atoms with Crippen molar-refractivity contribution >= 4 is 33.3 Å². The number of thiophene rings is 1. The highest BCUT2D eigenvalue weighted by molar-refractivity contribution is 7.18. The van der Waals surface area contributed by atoms with Crippen LogP contribution >= 0.6 is 11.3 Å². The maximum atomic E-state index is 12.7. The number of allylic oxidation sites excluding steroid dienone is 7. The Morgan fingerprint density at radius 2 is 2.07 bits per heavy atom. The number of rotatable bonds is 5. The summed E-state index contributed by atoms with van der Waals surface area (Å²) in [6, 6.07) is 2.24. The third kappa shape index (κ3) is 4.70. The molecule has 3 heterocycles. The lowest BCUT2D eigenvalue weighted by molar-refractivity contribution is -0.126. The third-order valence-corrected chi connectivity index (χ3v) is 6.55. The van der Waals surface area contributed by atoms with Crippen molar-refractivity contribution in [1.82, 2.24) is 14.9 Å². The van der Waals surface area contributed by atoms with Gasteiger partial charge >= 0.3 is 0 Å². The van der Waals surface area contributed by atoms with Crippen molar-refractivity contribution in [3.63, 3.8) is 0 Å². The summed E-state index contributed by atoms with van der Waals surface area (Å²) in [4.78, 5) is 28.3. The molecular weight excluding hydrogens is 392 g/mol. The second kappa shape index (κ2) is 9.39. The smallest absolute Gasteiger partial charge is 0.246 e.